The Morgan fingerprint density at radius 2 is 2.05 bits per heavy atom. The average Bonchev–Trinajstić information content (AvgIpc) is 2.48. The van der Waals surface area contributed by atoms with Crippen LogP contribution in [0.1, 0.15) is 30.0 Å². The van der Waals surface area contributed by atoms with Crippen LogP contribution in [0.5, 0.6) is 5.75 Å². The third-order valence-corrected chi connectivity index (χ3v) is 3.77. The van der Waals surface area contributed by atoms with E-state index >= 15 is 0 Å². The Kier molecular flexibility index (Phi) is 3.91. The van der Waals surface area contributed by atoms with Crippen molar-refractivity contribution in [2.45, 2.75) is 26.2 Å². The predicted molar refractivity (Wildman–Crippen MR) is 83.7 cm³/mol. The first kappa shape index (κ1) is 13.0. The molecular weight excluding hydrogens is 246 g/mol. The zero-order valence-corrected chi connectivity index (χ0v) is 12.0. The van der Waals surface area contributed by atoms with Crippen molar-refractivity contribution in [1.29, 1.82) is 0 Å². The number of hydrogen-bond acceptors (Lipinski definition) is 2. The van der Waals surface area contributed by atoms with Gasteiger partial charge in [-0.3, -0.25) is 0 Å². The van der Waals surface area contributed by atoms with Crippen molar-refractivity contribution in [2.24, 2.45) is 0 Å². The lowest BCUT2D eigenvalue weighted by atomic mass is 9.95. The number of ether oxygens (including phenoxy) is 1. The Bertz CT molecular complexity index is 592. The quantitative estimate of drug-likeness (QED) is 0.903. The van der Waals surface area contributed by atoms with E-state index in [9.17, 15) is 0 Å². The maximum atomic E-state index is 5.58. The van der Waals surface area contributed by atoms with Gasteiger partial charge in [0.05, 0.1) is 6.61 Å². The molecule has 0 aromatic heterocycles. The van der Waals surface area contributed by atoms with E-state index in [-0.39, 0.29) is 0 Å². The molecule has 2 aromatic rings. The summed E-state index contributed by atoms with van der Waals surface area (Å²) < 4.78 is 5.58. The van der Waals surface area contributed by atoms with Gasteiger partial charge < -0.3 is 10.1 Å². The van der Waals surface area contributed by atoms with E-state index in [4.69, 9.17) is 4.74 Å². The van der Waals surface area contributed by atoms with Crippen molar-refractivity contribution in [2.75, 3.05) is 18.5 Å². The Morgan fingerprint density at radius 3 is 2.95 bits per heavy atom. The molecule has 0 unspecified atom stereocenters. The normalized spacial score (nSPS) is 13.4. The molecule has 0 bridgehead atoms. The van der Waals surface area contributed by atoms with Gasteiger partial charge >= 0.3 is 0 Å². The average molecular weight is 267 g/mol. The summed E-state index contributed by atoms with van der Waals surface area (Å²) in [6, 6.07) is 15.0. The van der Waals surface area contributed by atoms with Gasteiger partial charge in [-0.2, -0.15) is 0 Å². The van der Waals surface area contributed by atoms with E-state index in [0.29, 0.717) is 6.61 Å². The van der Waals surface area contributed by atoms with Gasteiger partial charge in [0.15, 0.2) is 0 Å². The molecule has 0 spiro atoms. The molecule has 2 nitrogen and oxygen atoms in total. The minimum atomic E-state index is 0.714. The molecule has 0 aliphatic carbocycles. The van der Waals surface area contributed by atoms with Crippen molar-refractivity contribution in [3.05, 3.63) is 59.2 Å². The highest BCUT2D eigenvalue weighted by atomic mass is 16.5. The first-order valence-corrected chi connectivity index (χ1v) is 7.43. The van der Waals surface area contributed by atoms with Crippen molar-refractivity contribution in [3.63, 3.8) is 0 Å². The highest BCUT2D eigenvalue weighted by Crippen LogP contribution is 2.28. The fourth-order valence-corrected chi connectivity index (χ4v) is 2.86. The molecule has 2 aromatic carbocycles. The Labute approximate surface area is 120 Å². The predicted octanol–water partition coefficient (Wildman–Crippen LogP) is 4.03. The summed E-state index contributed by atoms with van der Waals surface area (Å²) in [6.07, 6.45) is 3.38. The first-order valence-electron chi connectivity index (χ1n) is 7.43. The van der Waals surface area contributed by atoms with E-state index in [2.05, 4.69) is 41.7 Å². The number of benzene rings is 2. The van der Waals surface area contributed by atoms with Gasteiger partial charge in [-0.05, 0) is 55.0 Å². The molecule has 1 aliphatic heterocycles. The van der Waals surface area contributed by atoms with Gasteiger partial charge in [0, 0.05) is 12.2 Å². The van der Waals surface area contributed by atoms with E-state index in [1.54, 1.807) is 0 Å². The fourth-order valence-electron chi connectivity index (χ4n) is 2.86. The van der Waals surface area contributed by atoms with Gasteiger partial charge in [0.2, 0.25) is 0 Å². The molecule has 20 heavy (non-hydrogen) atoms. The number of para-hydroxylation sites is 1. The highest BCUT2D eigenvalue weighted by molar-refractivity contribution is 5.60. The van der Waals surface area contributed by atoms with Crippen LogP contribution in [0.25, 0.3) is 0 Å². The van der Waals surface area contributed by atoms with Crippen LogP contribution in [0, 0.1) is 0 Å². The smallest absolute Gasteiger partial charge is 0.119 e. The molecule has 0 saturated heterocycles. The van der Waals surface area contributed by atoms with Crippen LogP contribution in [-0.2, 0) is 12.8 Å². The molecule has 2 heteroatoms. The lowest BCUT2D eigenvalue weighted by Gasteiger charge is -2.21. The molecule has 104 valence electrons. The lowest BCUT2D eigenvalue weighted by Crippen LogP contribution is -2.13. The molecule has 3 rings (SSSR count). The first-order chi connectivity index (χ1) is 9.86. The van der Waals surface area contributed by atoms with E-state index in [0.717, 1.165) is 18.7 Å². The molecule has 0 saturated carbocycles. The summed E-state index contributed by atoms with van der Waals surface area (Å²) in [5.41, 5.74) is 5.49. The third-order valence-electron chi connectivity index (χ3n) is 3.77. The molecular formula is C18H21NO. The maximum Gasteiger partial charge on any atom is 0.119 e. The van der Waals surface area contributed by atoms with Crippen LogP contribution >= 0.6 is 0 Å². The Balaban J connectivity index is 1.86. The van der Waals surface area contributed by atoms with Gasteiger partial charge in [-0.1, -0.05) is 30.3 Å². The van der Waals surface area contributed by atoms with Crippen molar-refractivity contribution in [3.8, 4) is 5.75 Å². The minimum absolute atomic E-state index is 0.714. The summed E-state index contributed by atoms with van der Waals surface area (Å²) in [7, 11) is 0. The van der Waals surface area contributed by atoms with Gasteiger partial charge in [-0.15, -0.1) is 0 Å². The third kappa shape index (κ3) is 2.79. The van der Waals surface area contributed by atoms with Crippen molar-refractivity contribution >= 4 is 5.69 Å². The van der Waals surface area contributed by atoms with Crippen LogP contribution in [0.2, 0.25) is 0 Å². The maximum absolute atomic E-state index is 5.58. The summed E-state index contributed by atoms with van der Waals surface area (Å²) in [4.78, 5) is 0. The summed E-state index contributed by atoms with van der Waals surface area (Å²) in [6.45, 7) is 3.82. The van der Waals surface area contributed by atoms with E-state index in [1.165, 1.54) is 35.2 Å². The summed E-state index contributed by atoms with van der Waals surface area (Å²) >= 11 is 0. The molecule has 0 radical (unpaired) electrons. The molecule has 0 amide bonds. The van der Waals surface area contributed by atoms with Gasteiger partial charge in [0.1, 0.15) is 5.75 Å². The number of nitrogens with one attached hydrogen (secondary N) is 1. The minimum Gasteiger partial charge on any atom is -0.494 e. The highest BCUT2D eigenvalue weighted by Gasteiger charge is 2.12. The lowest BCUT2D eigenvalue weighted by molar-refractivity contribution is 0.340. The monoisotopic (exact) mass is 267 g/mol. The van der Waals surface area contributed by atoms with Crippen LogP contribution in [-0.4, -0.2) is 13.2 Å². The SMILES string of the molecule is CCOc1cccc(Cc2cccc3c2NCCC3)c1. The molecule has 0 fully saturated rings. The molecule has 1 heterocycles. The zero-order chi connectivity index (χ0) is 13.8. The standard InChI is InChI=1S/C18H21NO/c1-2-20-17-10-3-6-14(13-17)12-16-8-4-7-15-9-5-11-19-18(15)16/h3-4,6-8,10,13,19H,2,5,9,11-12H2,1H3. The number of fused-ring (bicyclic) bond motifs is 1. The largest absolute Gasteiger partial charge is 0.494 e. The second-order valence-electron chi connectivity index (χ2n) is 5.24. The topological polar surface area (TPSA) is 21.3 Å². The summed E-state index contributed by atoms with van der Waals surface area (Å²) in [5, 5.41) is 3.56. The van der Waals surface area contributed by atoms with Crippen molar-refractivity contribution < 1.29 is 4.74 Å². The zero-order valence-electron chi connectivity index (χ0n) is 12.0. The fraction of sp³-hybridized carbons (Fsp3) is 0.333. The van der Waals surface area contributed by atoms with Gasteiger partial charge in [-0.25, -0.2) is 0 Å². The number of hydrogen-bond donors (Lipinski definition) is 1. The molecule has 1 aliphatic rings. The van der Waals surface area contributed by atoms with E-state index in [1.807, 2.05) is 13.0 Å². The molecule has 1 N–H and O–H groups in total. The van der Waals surface area contributed by atoms with Crippen LogP contribution in [0.3, 0.4) is 0 Å². The Morgan fingerprint density at radius 1 is 1.15 bits per heavy atom. The second kappa shape index (κ2) is 6.00. The number of rotatable bonds is 4. The van der Waals surface area contributed by atoms with Crippen molar-refractivity contribution in [1.82, 2.24) is 0 Å². The van der Waals surface area contributed by atoms with E-state index < -0.39 is 0 Å². The number of aryl methyl sites for hydroxylation is 1. The van der Waals surface area contributed by atoms with Crippen LogP contribution in [0.4, 0.5) is 5.69 Å². The Hall–Kier alpha value is -1.96. The molecule has 0 atom stereocenters. The van der Waals surface area contributed by atoms with Crippen LogP contribution < -0.4 is 10.1 Å². The summed E-state index contributed by atoms with van der Waals surface area (Å²) in [5.74, 6) is 0.961. The second-order valence-corrected chi connectivity index (χ2v) is 5.24. The van der Waals surface area contributed by atoms with Gasteiger partial charge in [0.25, 0.3) is 0 Å². The number of anilines is 1. The van der Waals surface area contributed by atoms with Crippen LogP contribution in [0.15, 0.2) is 42.5 Å².